The third kappa shape index (κ3) is 3.49. The van der Waals surface area contributed by atoms with Crippen LogP contribution >= 0.6 is 0 Å². The Morgan fingerprint density at radius 3 is 2.61 bits per heavy atom. The van der Waals surface area contributed by atoms with Crippen molar-refractivity contribution >= 4 is 5.91 Å². The van der Waals surface area contributed by atoms with Crippen LogP contribution in [0.3, 0.4) is 0 Å². The third-order valence-corrected chi connectivity index (χ3v) is 3.15. The van der Waals surface area contributed by atoms with E-state index in [-0.39, 0.29) is 11.6 Å². The standard InChI is InChI=1S/C15H14N6O2/c1-23-12-4-2-11(3-5-12)8-17-15(22)13-6-7-14(20-19-13)21-10-16-9-18-21/h2-7,9-10H,8H2,1H3,(H,17,22). The number of hydrogen-bond donors (Lipinski definition) is 1. The van der Waals surface area contributed by atoms with Gasteiger partial charge in [0.05, 0.1) is 7.11 Å². The van der Waals surface area contributed by atoms with Crippen LogP contribution in [0.25, 0.3) is 5.82 Å². The highest BCUT2D eigenvalue weighted by Gasteiger charge is 2.09. The Hall–Kier alpha value is -3.29. The number of benzene rings is 1. The average molecular weight is 310 g/mol. The molecule has 0 aliphatic heterocycles. The van der Waals surface area contributed by atoms with Gasteiger partial charge in [-0.3, -0.25) is 4.79 Å². The number of nitrogens with one attached hydrogen (secondary N) is 1. The van der Waals surface area contributed by atoms with Crippen molar-refractivity contribution in [3.05, 3.63) is 60.3 Å². The summed E-state index contributed by atoms with van der Waals surface area (Å²) in [5.41, 5.74) is 1.20. The number of carbonyl (C=O) groups is 1. The van der Waals surface area contributed by atoms with Crippen LogP contribution in [0.15, 0.2) is 49.1 Å². The summed E-state index contributed by atoms with van der Waals surface area (Å²) in [6.45, 7) is 0.398. The number of amides is 1. The molecule has 0 spiro atoms. The van der Waals surface area contributed by atoms with Crippen molar-refractivity contribution in [3.8, 4) is 11.6 Å². The van der Waals surface area contributed by atoms with E-state index in [4.69, 9.17) is 4.74 Å². The van der Waals surface area contributed by atoms with Gasteiger partial charge in [-0.05, 0) is 29.8 Å². The molecule has 0 aliphatic rings. The van der Waals surface area contributed by atoms with Crippen LogP contribution in [0, 0.1) is 0 Å². The van der Waals surface area contributed by atoms with Gasteiger partial charge in [-0.2, -0.15) is 5.10 Å². The first kappa shape index (κ1) is 14.6. The molecule has 23 heavy (non-hydrogen) atoms. The van der Waals surface area contributed by atoms with Crippen LogP contribution in [-0.4, -0.2) is 38.0 Å². The Kier molecular flexibility index (Phi) is 4.23. The molecule has 1 aromatic carbocycles. The lowest BCUT2D eigenvalue weighted by molar-refractivity contribution is 0.0945. The third-order valence-electron chi connectivity index (χ3n) is 3.15. The van der Waals surface area contributed by atoms with Gasteiger partial charge in [0.25, 0.3) is 5.91 Å². The SMILES string of the molecule is COc1ccc(CNC(=O)c2ccc(-n3cncn3)nn2)cc1. The predicted molar refractivity (Wildman–Crippen MR) is 81.1 cm³/mol. The first-order chi connectivity index (χ1) is 11.3. The molecule has 3 rings (SSSR count). The number of nitrogens with zero attached hydrogens (tertiary/aromatic N) is 5. The molecule has 0 atom stereocenters. The van der Waals surface area contributed by atoms with Crippen LogP contribution in [0.1, 0.15) is 16.1 Å². The largest absolute Gasteiger partial charge is 0.497 e. The molecule has 8 nitrogen and oxygen atoms in total. The topological polar surface area (TPSA) is 94.8 Å². The Labute approximate surface area is 132 Å². The van der Waals surface area contributed by atoms with Crippen LogP contribution in [0.2, 0.25) is 0 Å². The molecule has 2 heterocycles. The van der Waals surface area contributed by atoms with E-state index >= 15 is 0 Å². The van der Waals surface area contributed by atoms with Gasteiger partial charge in [0.1, 0.15) is 18.4 Å². The van der Waals surface area contributed by atoms with Gasteiger partial charge < -0.3 is 10.1 Å². The van der Waals surface area contributed by atoms with Gasteiger partial charge in [0, 0.05) is 6.54 Å². The first-order valence-corrected chi connectivity index (χ1v) is 6.86. The molecule has 2 aromatic heterocycles. The number of aromatic nitrogens is 5. The number of hydrogen-bond acceptors (Lipinski definition) is 6. The summed E-state index contributed by atoms with van der Waals surface area (Å²) >= 11 is 0. The number of ether oxygens (including phenoxy) is 1. The minimum atomic E-state index is -0.293. The predicted octanol–water partition coefficient (Wildman–Crippen LogP) is 0.996. The minimum absolute atomic E-state index is 0.238. The van der Waals surface area contributed by atoms with E-state index in [1.807, 2.05) is 24.3 Å². The average Bonchev–Trinajstić information content (AvgIpc) is 3.15. The van der Waals surface area contributed by atoms with E-state index in [0.29, 0.717) is 12.4 Å². The van der Waals surface area contributed by atoms with Crippen LogP contribution < -0.4 is 10.1 Å². The quantitative estimate of drug-likeness (QED) is 0.755. The van der Waals surface area contributed by atoms with Crippen molar-refractivity contribution in [2.45, 2.75) is 6.54 Å². The van der Waals surface area contributed by atoms with Gasteiger partial charge >= 0.3 is 0 Å². The molecular formula is C15H14N6O2. The van der Waals surface area contributed by atoms with Crippen LogP contribution in [0.5, 0.6) is 5.75 Å². The molecule has 0 bridgehead atoms. The molecule has 3 aromatic rings. The second kappa shape index (κ2) is 6.65. The fourth-order valence-electron chi connectivity index (χ4n) is 1.91. The smallest absolute Gasteiger partial charge is 0.272 e. The highest BCUT2D eigenvalue weighted by molar-refractivity contribution is 5.92. The maximum absolute atomic E-state index is 12.1. The maximum atomic E-state index is 12.1. The van der Waals surface area contributed by atoms with Crippen LogP contribution in [-0.2, 0) is 6.54 Å². The lowest BCUT2D eigenvalue weighted by Gasteiger charge is -2.06. The van der Waals surface area contributed by atoms with E-state index in [2.05, 4.69) is 25.6 Å². The van der Waals surface area contributed by atoms with Gasteiger partial charge in [0.2, 0.25) is 0 Å². The van der Waals surface area contributed by atoms with E-state index in [9.17, 15) is 4.79 Å². The van der Waals surface area contributed by atoms with E-state index in [1.54, 1.807) is 19.2 Å². The van der Waals surface area contributed by atoms with E-state index in [1.165, 1.54) is 17.3 Å². The monoisotopic (exact) mass is 310 g/mol. The van der Waals surface area contributed by atoms with Crippen molar-refractivity contribution in [1.82, 2.24) is 30.3 Å². The molecule has 1 N–H and O–H groups in total. The lowest BCUT2D eigenvalue weighted by atomic mass is 10.2. The zero-order valence-electron chi connectivity index (χ0n) is 12.4. The molecule has 0 radical (unpaired) electrons. The fourth-order valence-corrected chi connectivity index (χ4v) is 1.91. The van der Waals surface area contributed by atoms with Crippen LogP contribution in [0.4, 0.5) is 0 Å². The van der Waals surface area contributed by atoms with Gasteiger partial charge in [-0.25, -0.2) is 9.67 Å². The number of methoxy groups -OCH3 is 1. The number of rotatable bonds is 5. The molecule has 0 unspecified atom stereocenters. The highest BCUT2D eigenvalue weighted by Crippen LogP contribution is 2.11. The van der Waals surface area contributed by atoms with E-state index in [0.717, 1.165) is 11.3 Å². The van der Waals surface area contributed by atoms with Crippen molar-refractivity contribution in [1.29, 1.82) is 0 Å². The zero-order chi connectivity index (χ0) is 16.1. The van der Waals surface area contributed by atoms with Gasteiger partial charge in [-0.15, -0.1) is 10.2 Å². The second-order valence-corrected chi connectivity index (χ2v) is 4.65. The molecular weight excluding hydrogens is 296 g/mol. The van der Waals surface area contributed by atoms with Crippen molar-refractivity contribution in [2.24, 2.45) is 0 Å². The first-order valence-electron chi connectivity index (χ1n) is 6.86. The van der Waals surface area contributed by atoms with Crippen molar-refractivity contribution < 1.29 is 9.53 Å². The summed E-state index contributed by atoms with van der Waals surface area (Å²) in [6.07, 6.45) is 2.91. The Bertz CT molecular complexity index is 769. The van der Waals surface area contributed by atoms with E-state index < -0.39 is 0 Å². The maximum Gasteiger partial charge on any atom is 0.272 e. The Morgan fingerprint density at radius 1 is 1.17 bits per heavy atom. The Morgan fingerprint density at radius 2 is 2.00 bits per heavy atom. The molecule has 0 saturated carbocycles. The summed E-state index contributed by atoms with van der Waals surface area (Å²) in [5, 5.41) is 14.6. The molecule has 1 amide bonds. The summed E-state index contributed by atoms with van der Waals surface area (Å²) in [7, 11) is 1.61. The molecule has 0 aliphatic carbocycles. The summed E-state index contributed by atoms with van der Waals surface area (Å²) in [6, 6.07) is 10.7. The van der Waals surface area contributed by atoms with Crippen molar-refractivity contribution in [3.63, 3.8) is 0 Å². The molecule has 0 saturated heterocycles. The highest BCUT2D eigenvalue weighted by atomic mass is 16.5. The summed E-state index contributed by atoms with van der Waals surface area (Å²) in [5.74, 6) is 0.974. The minimum Gasteiger partial charge on any atom is -0.497 e. The summed E-state index contributed by atoms with van der Waals surface area (Å²) < 4.78 is 6.55. The lowest BCUT2D eigenvalue weighted by Crippen LogP contribution is -2.24. The molecule has 116 valence electrons. The number of carbonyl (C=O) groups excluding carboxylic acids is 1. The second-order valence-electron chi connectivity index (χ2n) is 4.65. The molecule has 0 fully saturated rings. The Balaban J connectivity index is 1.61. The van der Waals surface area contributed by atoms with Gasteiger partial charge in [0.15, 0.2) is 11.5 Å². The zero-order valence-corrected chi connectivity index (χ0v) is 12.4. The van der Waals surface area contributed by atoms with Gasteiger partial charge in [-0.1, -0.05) is 12.1 Å². The molecule has 8 heteroatoms. The fraction of sp³-hybridized carbons (Fsp3) is 0.133. The summed E-state index contributed by atoms with van der Waals surface area (Å²) in [4.78, 5) is 15.9. The normalized spacial score (nSPS) is 10.3. The van der Waals surface area contributed by atoms with Crippen molar-refractivity contribution in [2.75, 3.05) is 7.11 Å².